The lowest BCUT2D eigenvalue weighted by atomic mass is 9.96. The number of piperidine rings is 1. The molecule has 1 amide bonds. The van der Waals surface area contributed by atoms with Crippen molar-refractivity contribution in [2.24, 2.45) is 11.8 Å². The second kappa shape index (κ2) is 8.68. The third-order valence-electron chi connectivity index (χ3n) is 4.22. The molecule has 0 saturated carbocycles. The van der Waals surface area contributed by atoms with Crippen molar-refractivity contribution in [1.82, 2.24) is 10.2 Å². The number of halogens is 1. The number of carbonyl (C=O) groups is 1. The molecule has 0 aliphatic carbocycles. The Hall–Kier alpha value is -0.870. The van der Waals surface area contributed by atoms with Gasteiger partial charge in [-0.15, -0.1) is 0 Å². The van der Waals surface area contributed by atoms with Gasteiger partial charge in [0.25, 0.3) is 0 Å². The minimum absolute atomic E-state index is 0.149. The minimum atomic E-state index is 0.149. The topological polar surface area (TPSA) is 32.3 Å². The van der Waals surface area contributed by atoms with Gasteiger partial charge in [-0.25, -0.2) is 0 Å². The maximum atomic E-state index is 12.3. The summed E-state index contributed by atoms with van der Waals surface area (Å²) in [6, 6.07) is 8.46. The highest BCUT2D eigenvalue weighted by Gasteiger charge is 2.25. The number of likely N-dealkylation sites (tertiary alicyclic amines) is 1. The fraction of sp³-hybridized carbons (Fsp3) is 0.611. The SMILES string of the molecule is CC(C)CCNC(=O)C1CCCN(Cc2ccc(Br)cc2)C1. The van der Waals surface area contributed by atoms with Crippen molar-refractivity contribution in [3.05, 3.63) is 34.3 Å². The van der Waals surface area contributed by atoms with Crippen LogP contribution in [0.25, 0.3) is 0 Å². The fourth-order valence-electron chi connectivity index (χ4n) is 2.89. The molecule has 1 aliphatic heterocycles. The molecule has 1 aromatic rings. The molecule has 1 unspecified atom stereocenters. The van der Waals surface area contributed by atoms with Crippen LogP contribution >= 0.6 is 15.9 Å². The molecular formula is C18H27BrN2O. The molecule has 3 nitrogen and oxygen atoms in total. The van der Waals surface area contributed by atoms with Crippen molar-refractivity contribution in [2.45, 2.75) is 39.7 Å². The Kier molecular flexibility index (Phi) is 6.90. The van der Waals surface area contributed by atoms with Crippen LogP contribution < -0.4 is 5.32 Å². The molecule has 0 aromatic heterocycles. The second-order valence-electron chi connectivity index (χ2n) is 6.67. The van der Waals surface area contributed by atoms with E-state index in [2.05, 4.69) is 64.3 Å². The van der Waals surface area contributed by atoms with Crippen molar-refractivity contribution in [3.63, 3.8) is 0 Å². The van der Waals surface area contributed by atoms with Gasteiger partial charge in [0.1, 0.15) is 0 Å². The predicted octanol–water partition coefficient (Wildman–Crippen LogP) is 3.82. The zero-order valence-corrected chi connectivity index (χ0v) is 15.2. The number of hydrogen-bond donors (Lipinski definition) is 1. The molecule has 1 saturated heterocycles. The van der Waals surface area contributed by atoms with E-state index in [9.17, 15) is 4.79 Å². The highest BCUT2D eigenvalue weighted by atomic mass is 79.9. The maximum absolute atomic E-state index is 12.3. The number of nitrogens with one attached hydrogen (secondary N) is 1. The molecule has 0 spiro atoms. The average molecular weight is 367 g/mol. The number of amides is 1. The first-order valence-corrected chi connectivity index (χ1v) is 9.08. The predicted molar refractivity (Wildman–Crippen MR) is 94.6 cm³/mol. The van der Waals surface area contributed by atoms with Gasteiger partial charge in [0.15, 0.2) is 0 Å². The normalized spacial score (nSPS) is 19.4. The third kappa shape index (κ3) is 5.73. The molecule has 1 atom stereocenters. The van der Waals surface area contributed by atoms with E-state index in [4.69, 9.17) is 0 Å². The molecule has 1 fully saturated rings. The monoisotopic (exact) mass is 366 g/mol. The van der Waals surface area contributed by atoms with Crippen LogP contribution in [-0.4, -0.2) is 30.4 Å². The number of carbonyl (C=O) groups excluding carboxylic acids is 1. The molecule has 1 N–H and O–H groups in total. The van der Waals surface area contributed by atoms with Gasteiger partial charge >= 0.3 is 0 Å². The second-order valence-corrected chi connectivity index (χ2v) is 7.59. The Labute approximate surface area is 142 Å². The Bertz CT molecular complexity index is 472. The summed E-state index contributed by atoms with van der Waals surface area (Å²) in [6.07, 6.45) is 3.18. The van der Waals surface area contributed by atoms with Gasteiger partial charge in [-0.2, -0.15) is 0 Å². The van der Waals surface area contributed by atoms with Crippen LogP contribution in [-0.2, 0) is 11.3 Å². The summed E-state index contributed by atoms with van der Waals surface area (Å²) in [5.41, 5.74) is 1.31. The van der Waals surface area contributed by atoms with Crippen LogP contribution in [0, 0.1) is 11.8 Å². The van der Waals surface area contributed by atoms with E-state index in [1.807, 2.05) is 0 Å². The molecule has 0 radical (unpaired) electrons. The molecule has 122 valence electrons. The van der Waals surface area contributed by atoms with Crippen molar-refractivity contribution in [2.75, 3.05) is 19.6 Å². The van der Waals surface area contributed by atoms with Crippen LogP contribution in [0.3, 0.4) is 0 Å². The summed E-state index contributed by atoms with van der Waals surface area (Å²) in [6.45, 7) is 8.08. The van der Waals surface area contributed by atoms with Crippen LogP contribution in [0.4, 0.5) is 0 Å². The van der Waals surface area contributed by atoms with Crippen molar-refractivity contribution >= 4 is 21.8 Å². The van der Waals surface area contributed by atoms with Crippen LogP contribution in [0.2, 0.25) is 0 Å². The van der Waals surface area contributed by atoms with Crippen molar-refractivity contribution in [1.29, 1.82) is 0 Å². The smallest absolute Gasteiger partial charge is 0.224 e. The maximum Gasteiger partial charge on any atom is 0.224 e. The van der Waals surface area contributed by atoms with Crippen LogP contribution in [0.5, 0.6) is 0 Å². The summed E-state index contributed by atoms with van der Waals surface area (Å²) in [5.74, 6) is 1.03. The quantitative estimate of drug-likeness (QED) is 0.829. The molecule has 1 heterocycles. The average Bonchev–Trinajstić information content (AvgIpc) is 2.49. The van der Waals surface area contributed by atoms with Crippen molar-refractivity contribution < 1.29 is 4.79 Å². The molecular weight excluding hydrogens is 340 g/mol. The lowest BCUT2D eigenvalue weighted by molar-refractivity contribution is -0.126. The van der Waals surface area contributed by atoms with E-state index >= 15 is 0 Å². The summed E-state index contributed by atoms with van der Waals surface area (Å²) in [5, 5.41) is 3.10. The van der Waals surface area contributed by atoms with Gasteiger partial charge in [0.05, 0.1) is 5.92 Å². The first kappa shape index (κ1) is 17.5. The zero-order valence-electron chi connectivity index (χ0n) is 13.6. The zero-order chi connectivity index (χ0) is 15.9. The molecule has 0 bridgehead atoms. The third-order valence-corrected chi connectivity index (χ3v) is 4.75. The number of benzene rings is 1. The van der Waals surface area contributed by atoms with Crippen molar-refractivity contribution in [3.8, 4) is 0 Å². The molecule has 1 aliphatic rings. The van der Waals surface area contributed by atoms with Gasteiger partial charge in [-0.1, -0.05) is 41.9 Å². The van der Waals surface area contributed by atoms with E-state index in [1.165, 1.54) is 5.56 Å². The highest BCUT2D eigenvalue weighted by molar-refractivity contribution is 9.10. The Morgan fingerprint density at radius 1 is 1.36 bits per heavy atom. The van der Waals surface area contributed by atoms with Gasteiger partial charge in [-0.05, 0) is 49.4 Å². The summed E-state index contributed by atoms with van der Waals surface area (Å²) in [4.78, 5) is 14.7. The Morgan fingerprint density at radius 2 is 2.09 bits per heavy atom. The van der Waals surface area contributed by atoms with Gasteiger partial charge in [-0.3, -0.25) is 9.69 Å². The first-order valence-electron chi connectivity index (χ1n) is 8.29. The van der Waals surface area contributed by atoms with Crippen LogP contribution in [0.15, 0.2) is 28.7 Å². The number of hydrogen-bond acceptors (Lipinski definition) is 2. The molecule has 4 heteroatoms. The fourth-order valence-corrected chi connectivity index (χ4v) is 3.15. The Morgan fingerprint density at radius 3 is 2.77 bits per heavy atom. The lowest BCUT2D eigenvalue weighted by Crippen LogP contribution is -2.43. The number of nitrogens with zero attached hydrogens (tertiary/aromatic N) is 1. The lowest BCUT2D eigenvalue weighted by Gasteiger charge is -2.32. The molecule has 2 rings (SSSR count). The summed E-state index contributed by atoms with van der Waals surface area (Å²) >= 11 is 3.47. The van der Waals surface area contributed by atoms with E-state index < -0.39 is 0 Å². The van der Waals surface area contributed by atoms with E-state index in [-0.39, 0.29) is 11.8 Å². The number of rotatable bonds is 6. The highest BCUT2D eigenvalue weighted by Crippen LogP contribution is 2.20. The van der Waals surface area contributed by atoms with E-state index in [1.54, 1.807) is 0 Å². The first-order chi connectivity index (χ1) is 10.5. The minimum Gasteiger partial charge on any atom is -0.356 e. The van der Waals surface area contributed by atoms with Gasteiger partial charge in [0.2, 0.25) is 5.91 Å². The standard InChI is InChI=1S/C18H27BrN2O/c1-14(2)9-10-20-18(22)16-4-3-11-21(13-16)12-15-5-7-17(19)8-6-15/h5-8,14,16H,3-4,9-13H2,1-2H3,(H,20,22). The van der Waals surface area contributed by atoms with Crippen LogP contribution in [0.1, 0.15) is 38.7 Å². The van der Waals surface area contributed by atoms with Gasteiger partial charge < -0.3 is 5.32 Å². The summed E-state index contributed by atoms with van der Waals surface area (Å²) < 4.78 is 1.11. The van der Waals surface area contributed by atoms with E-state index in [0.717, 1.165) is 49.9 Å². The summed E-state index contributed by atoms with van der Waals surface area (Å²) in [7, 11) is 0. The largest absolute Gasteiger partial charge is 0.356 e. The van der Waals surface area contributed by atoms with Gasteiger partial charge in [0, 0.05) is 24.1 Å². The molecule has 22 heavy (non-hydrogen) atoms. The Balaban J connectivity index is 1.80. The van der Waals surface area contributed by atoms with E-state index in [0.29, 0.717) is 5.92 Å². The molecule has 1 aromatic carbocycles.